The Kier molecular flexibility index (Phi) is 4.68. The minimum Gasteiger partial charge on any atom is -0.420 e. The molecule has 0 aliphatic carbocycles. The summed E-state index contributed by atoms with van der Waals surface area (Å²) in [6.45, 7) is 2.03. The molecule has 0 unspecified atom stereocenters. The maximum atomic E-state index is 5.89. The maximum Gasteiger partial charge on any atom is 0.247 e. The van der Waals surface area contributed by atoms with Gasteiger partial charge in [-0.15, -0.1) is 15.3 Å². The first-order valence-electron chi connectivity index (χ1n) is 7.75. The Labute approximate surface area is 158 Å². The Morgan fingerprint density at radius 2 is 1.77 bits per heavy atom. The number of aromatic nitrogens is 6. The van der Waals surface area contributed by atoms with E-state index in [4.69, 9.17) is 16.0 Å². The van der Waals surface area contributed by atoms with Crippen molar-refractivity contribution < 1.29 is 4.42 Å². The first-order valence-corrected chi connectivity index (χ1v) is 9.12. The second kappa shape index (κ2) is 7.27. The molecular weight excluding hydrogens is 372 g/mol. The van der Waals surface area contributed by atoms with E-state index in [2.05, 4.69) is 25.7 Å². The van der Waals surface area contributed by atoms with Crippen LogP contribution in [0.5, 0.6) is 0 Å². The number of benzene rings is 2. The van der Waals surface area contributed by atoms with E-state index < -0.39 is 0 Å². The van der Waals surface area contributed by atoms with Gasteiger partial charge >= 0.3 is 0 Å². The van der Waals surface area contributed by atoms with Gasteiger partial charge in [-0.2, -0.15) is 4.68 Å². The lowest BCUT2D eigenvalue weighted by atomic mass is 10.2. The van der Waals surface area contributed by atoms with E-state index in [1.165, 1.54) is 17.3 Å². The standard InChI is InChI=1S/C17H13ClN6OS/c1-11-2-8-14(9-3-11)24-17(21-22-23-24)26-10-15-19-20-16(25-15)12-4-6-13(18)7-5-12/h2-9H,10H2,1H3. The second-order valence-corrected chi connectivity index (χ2v) is 6.88. The van der Waals surface area contributed by atoms with E-state index in [0.717, 1.165) is 11.3 Å². The highest BCUT2D eigenvalue weighted by Gasteiger charge is 2.13. The largest absolute Gasteiger partial charge is 0.420 e. The van der Waals surface area contributed by atoms with Crippen molar-refractivity contribution in [1.82, 2.24) is 30.4 Å². The van der Waals surface area contributed by atoms with Crippen LogP contribution in [0, 0.1) is 6.92 Å². The first kappa shape index (κ1) is 16.7. The average Bonchev–Trinajstić information content (AvgIpc) is 3.30. The zero-order valence-corrected chi connectivity index (χ0v) is 15.3. The number of hydrogen-bond acceptors (Lipinski definition) is 7. The Morgan fingerprint density at radius 1 is 1.00 bits per heavy atom. The van der Waals surface area contributed by atoms with Crippen LogP contribution in [-0.4, -0.2) is 30.4 Å². The van der Waals surface area contributed by atoms with Crippen LogP contribution in [0.3, 0.4) is 0 Å². The summed E-state index contributed by atoms with van der Waals surface area (Å²) in [5.74, 6) is 1.42. The fourth-order valence-electron chi connectivity index (χ4n) is 2.26. The third-order valence-corrected chi connectivity index (χ3v) is 4.76. The van der Waals surface area contributed by atoms with Crippen molar-refractivity contribution in [1.29, 1.82) is 0 Å². The third kappa shape index (κ3) is 3.61. The number of aryl methyl sites for hydroxylation is 1. The zero-order valence-electron chi connectivity index (χ0n) is 13.7. The number of nitrogens with zero attached hydrogens (tertiary/aromatic N) is 6. The Bertz CT molecular complexity index is 1010. The normalized spacial score (nSPS) is 11.0. The number of rotatable bonds is 5. The lowest BCUT2D eigenvalue weighted by Gasteiger charge is -2.03. The second-order valence-electron chi connectivity index (χ2n) is 5.51. The van der Waals surface area contributed by atoms with Gasteiger partial charge in [0.1, 0.15) is 0 Å². The minimum atomic E-state index is 0.454. The van der Waals surface area contributed by atoms with Gasteiger partial charge in [-0.3, -0.25) is 0 Å². The summed E-state index contributed by atoms with van der Waals surface area (Å²) in [6, 6.07) is 15.2. The lowest BCUT2D eigenvalue weighted by Crippen LogP contribution is -1.99. The number of tetrazole rings is 1. The predicted molar refractivity (Wildman–Crippen MR) is 98.2 cm³/mol. The van der Waals surface area contributed by atoms with Crippen molar-refractivity contribution >= 4 is 23.4 Å². The van der Waals surface area contributed by atoms with Gasteiger partial charge < -0.3 is 4.42 Å². The molecule has 4 aromatic rings. The third-order valence-electron chi connectivity index (χ3n) is 3.60. The Balaban J connectivity index is 1.48. The Morgan fingerprint density at radius 3 is 2.54 bits per heavy atom. The quantitative estimate of drug-likeness (QED) is 0.481. The van der Waals surface area contributed by atoms with E-state index in [9.17, 15) is 0 Å². The van der Waals surface area contributed by atoms with Gasteiger partial charge in [0.2, 0.25) is 16.9 Å². The highest BCUT2D eigenvalue weighted by molar-refractivity contribution is 7.98. The highest BCUT2D eigenvalue weighted by atomic mass is 35.5. The molecule has 2 aromatic heterocycles. The van der Waals surface area contributed by atoms with Crippen molar-refractivity contribution in [2.24, 2.45) is 0 Å². The van der Waals surface area contributed by atoms with Gasteiger partial charge in [0.25, 0.3) is 0 Å². The molecule has 26 heavy (non-hydrogen) atoms. The number of halogens is 1. The lowest BCUT2D eigenvalue weighted by molar-refractivity contribution is 0.528. The highest BCUT2D eigenvalue weighted by Crippen LogP contribution is 2.25. The van der Waals surface area contributed by atoms with Crippen molar-refractivity contribution in [2.45, 2.75) is 17.8 Å². The minimum absolute atomic E-state index is 0.454. The first-order chi connectivity index (χ1) is 12.7. The average molecular weight is 385 g/mol. The van der Waals surface area contributed by atoms with Crippen LogP contribution in [0.15, 0.2) is 58.1 Å². The molecule has 0 saturated carbocycles. The van der Waals surface area contributed by atoms with Crippen molar-refractivity contribution in [3.63, 3.8) is 0 Å². The summed E-state index contributed by atoms with van der Waals surface area (Å²) in [5, 5.41) is 21.3. The summed E-state index contributed by atoms with van der Waals surface area (Å²) in [6.07, 6.45) is 0. The van der Waals surface area contributed by atoms with E-state index in [1.807, 2.05) is 43.3 Å². The molecule has 0 radical (unpaired) electrons. The molecule has 7 nitrogen and oxygen atoms in total. The zero-order chi connectivity index (χ0) is 17.9. The van der Waals surface area contributed by atoms with Crippen molar-refractivity contribution in [3.8, 4) is 17.1 Å². The van der Waals surface area contributed by atoms with Crippen LogP contribution in [0.25, 0.3) is 17.1 Å². The molecule has 9 heteroatoms. The predicted octanol–water partition coefficient (Wildman–Crippen LogP) is 3.97. The summed E-state index contributed by atoms with van der Waals surface area (Å²) in [5.41, 5.74) is 2.90. The van der Waals surface area contributed by atoms with Crippen LogP contribution < -0.4 is 0 Å². The van der Waals surface area contributed by atoms with Crippen molar-refractivity contribution in [2.75, 3.05) is 0 Å². The SMILES string of the molecule is Cc1ccc(-n2nnnc2SCc2nnc(-c3ccc(Cl)cc3)o2)cc1. The van der Waals surface area contributed by atoms with E-state index in [1.54, 1.807) is 16.8 Å². The molecule has 0 amide bonds. The molecule has 0 aliphatic heterocycles. The van der Waals surface area contributed by atoms with Gasteiger partial charge in [0, 0.05) is 10.6 Å². The molecule has 0 bridgehead atoms. The molecule has 2 heterocycles. The van der Waals surface area contributed by atoms with Crippen LogP contribution in [0.1, 0.15) is 11.5 Å². The summed E-state index contributed by atoms with van der Waals surface area (Å²) in [7, 11) is 0. The van der Waals surface area contributed by atoms with Crippen LogP contribution in [0.2, 0.25) is 5.02 Å². The molecule has 4 rings (SSSR count). The molecule has 2 aromatic carbocycles. The topological polar surface area (TPSA) is 82.5 Å². The summed E-state index contributed by atoms with van der Waals surface area (Å²) in [4.78, 5) is 0. The molecule has 0 atom stereocenters. The molecule has 130 valence electrons. The Hall–Kier alpha value is -2.71. The van der Waals surface area contributed by atoms with E-state index in [-0.39, 0.29) is 0 Å². The van der Waals surface area contributed by atoms with Gasteiger partial charge in [-0.05, 0) is 53.7 Å². The van der Waals surface area contributed by atoms with Gasteiger partial charge in [-0.1, -0.05) is 41.1 Å². The number of hydrogen-bond donors (Lipinski definition) is 0. The molecule has 0 saturated heterocycles. The van der Waals surface area contributed by atoms with Crippen LogP contribution >= 0.6 is 23.4 Å². The number of thioether (sulfide) groups is 1. The summed E-state index contributed by atoms with van der Waals surface area (Å²) < 4.78 is 7.39. The molecular formula is C17H13ClN6OS. The van der Waals surface area contributed by atoms with Crippen LogP contribution in [-0.2, 0) is 5.75 Å². The van der Waals surface area contributed by atoms with Gasteiger partial charge in [0.05, 0.1) is 11.4 Å². The van der Waals surface area contributed by atoms with Crippen LogP contribution in [0.4, 0.5) is 0 Å². The monoisotopic (exact) mass is 384 g/mol. The van der Waals surface area contributed by atoms with Crippen molar-refractivity contribution in [3.05, 3.63) is 65.0 Å². The van der Waals surface area contributed by atoms with E-state index >= 15 is 0 Å². The fourth-order valence-corrected chi connectivity index (χ4v) is 3.12. The summed E-state index contributed by atoms with van der Waals surface area (Å²) >= 11 is 7.32. The van der Waals surface area contributed by atoms with Gasteiger partial charge in [-0.25, -0.2) is 0 Å². The molecule has 0 N–H and O–H groups in total. The fraction of sp³-hybridized carbons (Fsp3) is 0.118. The van der Waals surface area contributed by atoms with Gasteiger partial charge in [0.15, 0.2) is 0 Å². The molecule has 0 aliphatic rings. The van der Waals surface area contributed by atoms with E-state index in [0.29, 0.717) is 27.7 Å². The molecule has 0 fully saturated rings. The molecule has 0 spiro atoms. The smallest absolute Gasteiger partial charge is 0.247 e. The maximum absolute atomic E-state index is 5.89.